The summed E-state index contributed by atoms with van der Waals surface area (Å²) in [5, 5.41) is 3.58. The van der Waals surface area contributed by atoms with Crippen molar-refractivity contribution in [1.29, 1.82) is 0 Å². The van der Waals surface area contributed by atoms with Crippen molar-refractivity contribution in [2.24, 2.45) is 5.73 Å². The highest BCUT2D eigenvalue weighted by Gasteiger charge is 2.26. The van der Waals surface area contributed by atoms with Crippen molar-refractivity contribution in [3.63, 3.8) is 0 Å². The van der Waals surface area contributed by atoms with Gasteiger partial charge in [-0.3, -0.25) is 4.79 Å². The smallest absolute Gasteiger partial charge is 0.237 e. The molecule has 0 aromatic heterocycles. The number of hydrogen-bond acceptors (Lipinski definition) is 3. The number of hydrogen-bond donors (Lipinski definition) is 2. The van der Waals surface area contributed by atoms with E-state index >= 15 is 0 Å². The van der Waals surface area contributed by atoms with E-state index in [1.54, 1.807) is 11.8 Å². The van der Waals surface area contributed by atoms with Crippen LogP contribution in [0.25, 0.3) is 11.1 Å². The molecular weight excluding hydrogens is 328 g/mol. The number of benzene rings is 2. The molecule has 2 aromatic carbocycles. The number of rotatable bonds is 3. The summed E-state index contributed by atoms with van der Waals surface area (Å²) in [5.74, 6) is 0.979. The van der Waals surface area contributed by atoms with E-state index in [0.717, 1.165) is 33.9 Å². The first-order valence-electron chi connectivity index (χ1n) is 7.65. The molecule has 0 saturated carbocycles. The highest BCUT2D eigenvalue weighted by atomic mass is 35.5. The van der Waals surface area contributed by atoms with Crippen LogP contribution in [0.2, 0.25) is 5.02 Å². The number of nitrogens with one attached hydrogen (secondary N) is 1. The monoisotopic (exact) mass is 346 g/mol. The molecule has 120 valence electrons. The fourth-order valence-electron chi connectivity index (χ4n) is 2.70. The molecule has 2 unspecified atom stereocenters. The van der Waals surface area contributed by atoms with Crippen molar-refractivity contribution in [3.05, 3.63) is 59.1 Å². The number of halogens is 1. The summed E-state index contributed by atoms with van der Waals surface area (Å²) in [6, 6.07) is 16.0. The van der Waals surface area contributed by atoms with Crippen LogP contribution < -0.4 is 11.1 Å². The van der Waals surface area contributed by atoms with E-state index in [0.29, 0.717) is 6.54 Å². The third-order valence-electron chi connectivity index (χ3n) is 3.99. The minimum atomic E-state index is -0.182. The van der Waals surface area contributed by atoms with Gasteiger partial charge in [0, 0.05) is 17.6 Å². The summed E-state index contributed by atoms with van der Waals surface area (Å²) in [7, 11) is 0. The molecule has 1 saturated heterocycles. The Labute approximate surface area is 145 Å². The van der Waals surface area contributed by atoms with Gasteiger partial charge >= 0.3 is 0 Å². The lowest BCUT2D eigenvalue weighted by Crippen LogP contribution is -2.40. The van der Waals surface area contributed by atoms with Crippen molar-refractivity contribution < 1.29 is 4.79 Å². The third-order valence-corrected chi connectivity index (χ3v) is 5.53. The molecule has 2 atom stereocenters. The van der Waals surface area contributed by atoms with E-state index in [4.69, 9.17) is 17.3 Å². The first-order chi connectivity index (χ1) is 11.2. The molecule has 3 nitrogen and oxygen atoms in total. The second-order valence-electron chi connectivity index (χ2n) is 5.61. The Hall–Kier alpha value is -1.49. The summed E-state index contributed by atoms with van der Waals surface area (Å²) >= 11 is 7.63. The zero-order valence-corrected chi connectivity index (χ0v) is 14.2. The molecule has 23 heavy (non-hydrogen) atoms. The zero-order chi connectivity index (χ0) is 16.2. The van der Waals surface area contributed by atoms with Gasteiger partial charge in [-0.2, -0.15) is 0 Å². The van der Waals surface area contributed by atoms with Gasteiger partial charge in [0.1, 0.15) is 5.25 Å². The van der Waals surface area contributed by atoms with Crippen molar-refractivity contribution in [2.45, 2.75) is 17.7 Å². The molecule has 1 fully saturated rings. The summed E-state index contributed by atoms with van der Waals surface area (Å²) in [4.78, 5) is 12.5. The largest absolute Gasteiger partial charge is 0.351 e. The molecule has 1 amide bonds. The van der Waals surface area contributed by atoms with E-state index in [1.807, 2.05) is 36.4 Å². The summed E-state index contributed by atoms with van der Waals surface area (Å²) in [6.07, 6.45) is 0.917. The third kappa shape index (κ3) is 3.89. The van der Waals surface area contributed by atoms with Gasteiger partial charge in [0.2, 0.25) is 5.91 Å². The fourth-order valence-corrected chi connectivity index (χ4v) is 4.04. The SMILES string of the molecule is NCC1CCSC(c2cccc(-c3ccc(Cl)cc3)c2)C(=O)N1. The van der Waals surface area contributed by atoms with Crippen molar-refractivity contribution >= 4 is 29.3 Å². The maximum absolute atomic E-state index is 12.5. The molecule has 5 heteroatoms. The Morgan fingerprint density at radius 1 is 1.17 bits per heavy atom. The quantitative estimate of drug-likeness (QED) is 0.892. The van der Waals surface area contributed by atoms with Gasteiger partial charge in [-0.25, -0.2) is 0 Å². The molecule has 3 rings (SSSR count). The molecule has 0 spiro atoms. The van der Waals surface area contributed by atoms with E-state index in [2.05, 4.69) is 17.4 Å². The van der Waals surface area contributed by atoms with Crippen molar-refractivity contribution in [2.75, 3.05) is 12.3 Å². The number of nitrogens with two attached hydrogens (primary N) is 1. The Morgan fingerprint density at radius 2 is 1.96 bits per heavy atom. The predicted molar refractivity (Wildman–Crippen MR) is 97.7 cm³/mol. The molecular formula is C18H19ClN2OS. The average Bonchev–Trinajstić information content (AvgIpc) is 2.77. The van der Waals surface area contributed by atoms with Crippen LogP contribution in [0.4, 0.5) is 0 Å². The van der Waals surface area contributed by atoms with Crippen LogP contribution in [-0.2, 0) is 4.79 Å². The van der Waals surface area contributed by atoms with Crippen molar-refractivity contribution in [3.8, 4) is 11.1 Å². The Bertz CT molecular complexity index is 690. The van der Waals surface area contributed by atoms with Gasteiger partial charge in [0.05, 0.1) is 0 Å². The normalized spacial score (nSPS) is 21.6. The minimum Gasteiger partial charge on any atom is -0.351 e. The van der Waals surface area contributed by atoms with Crippen LogP contribution in [0.3, 0.4) is 0 Å². The van der Waals surface area contributed by atoms with Crippen LogP contribution in [0.1, 0.15) is 17.2 Å². The Kier molecular flexibility index (Phi) is 5.26. The van der Waals surface area contributed by atoms with Gasteiger partial charge in [0.15, 0.2) is 0 Å². The zero-order valence-electron chi connectivity index (χ0n) is 12.7. The van der Waals surface area contributed by atoms with E-state index in [9.17, 15) is 4.79 Å². The summed E-state index contributed by atoms with van der Waals surface area (Å²) < 4.78 is 0. The van der Waals surface area contributed by atoms with E-state index in [-0.39, 0.29) is 17.2 Å². The highest BCUT2D eigenvalue weighted by Crippen LogP contribution is 2.34. The summed E-state index contributed by atoms with van der Waals surface area (Å²) in [5.41, 5.74) is 8.90. The molecule has 1 aliphatic heterocycles. The van der Waals surface area contributed by atoms with Crippen LogP contribution >= 0.6 is 23.4 Å². The molecule has 0 aliphatic carbocycles. The second-order valence-corrected chi connectivity index (χ2v) is 7.26. The molecule has 0 radical (unpaired) electrons. The number of carbonyl (C=O) groups excluding carboxylic acids is 1. The van der Waals surface area contributed by atoms with Gasteiger partial charge in [-0.1, -0.05) is 41.9 Å². The maximum atomic E-state index is 12.5. The molecule has 2 aromatic rings. The Balaban J connectivity index is 1.87. The fraction of sp³-hybridized carbons (Fsp3) is 0.278. The standard InChI is InChI=1S/C18H19ClN2OS/c19-15-6-4-12(5-7-15)13-2-1-3-14(10-13)17-18(22)21-16(11-20)8-9-23-17/h1-7,10,16-17H,8-9,11,20H2,(H,21,22). The van der Waals surface area contributed by atoms with Crippen LogP contribution in [0, 0.1) is 0 Å². The number of thioether (sulfide) groups is 1. The van der Waals surface area contributed by atoms with Gasteiger partial charge < -0.3 is 11.1 Å². The van der Waals surface area contributed by atoms with E-state index in [1.165, 1.54) is 0 Å². The number of amides is 1. The van der Waals surface area contributed by atoms with Gasteiger partial charge in [-0.15, -0.1) is 11.8 Å². The average molecular weight is 347 g/mol. The topological polar surface area (TPSA) is 55.1 Å². The van der Waals surface area contributed by atoms with Gasteiger partial charge in [0.25, 0.3) is 0 Å². The van der Waals surface area contributed by atoms with Crippen LogP contribution in [0.15, 0.2) is 48.5 Å². The minimum absolute atomic E-state index is 0.0520. The summed E-state index contributed by atoms with van der Waals surface area (Å²) in [6.45, 7) is 0.490. The highest BCUT2D eigenvalue weighted by molar-refractivity contribution is 8.00. The van der Waals surface area contributed by atoms with Gasteiger partial charge in [-0.05, 0) is 47.1 Å². The molecule has 1 heterocycles. The first kappa shape index (κ1) is 16.4. The lowest BCUT2D eigenvalue weighted by Gasteiger charge is -2.16. The number of carbonyl (C=O) groups is 1. The van der Waals surface area contributed by atoms with Crippen molar-refractivity contribution in [1.82, 2.24) is 5.32 Å². The lowest BCUT2D eigenvalue weighted by atomic mass is 10.0. The maximum Gasteiger partial charge on any atom is 0.237 e. The van der Waals surface area contributed by atoms with Crippen LogP contribution in [0.5, 0.6) is 0 Å². The van der Waals surface area contributed by atoms with E-state index < -0.39 is 0 Å². The lowest BCUT2D eigenvalue weighted by molar-refractivity contribution is -0.121. The van der Waals surface area contributed by atoms with Crippen LogP contribution in [-0.4, -0.2) is 24.2 Å². The second kappa shape index (κ2) is 7.39. The molecule has 1 aliphatic rings. The Morgan fingerprint density at radius 3 is 2.70 bits per heavy atom. The predicted octanol–water partition coefficient (Wildman–Crippen LogP) is 3.63. The molecule has 3 N–H and O–H groups in total. The first-order valence-corrected chi connectivity index (χ1v) is 9.08. The molecule has 0 bridgehead atoms.